The summed E-state index contributed by atoms with van der Waals surface area (Å²) in [5, 5.41) is 4.03. The number of benzene rings is 1. The lowest BCUT2D eigenvalue weighted by Crippen LogP contribution is -2.47. The number of likely N-dealkylation sites (N-methyl/N-ethyl adjacent to an activating group) is 1. The summed E-state index contributed by atoms with van der Waals surface area (Å²) >= 11 is 5.85. The average Bonchev–Trinajstić information content (AvgIpc) is 3.16. The molecule has 3 aromatic rings. The Hall–Kier alpha value is -2.79. The largest absolute Gasteiger partial charge is 0.459 e. The molecule has 1 amide bonds. The molecule has 1 fully saturated rings. The fourth-order valence-corrected chi connectivity index (χ4v) is 3.56. The third kappa shape index (κ3) is 3.90. The number of piperazine rings is 1. The zero-order chi connectivity index (χ0) is 23.3. The Balaban J connectivity index is 1.89. The first-order valence-electron chi connectivity index (χ1n) is 9.56. The number of nitrogens with zero attached hydrogens (tertiary/aromatic N) is 5. The van der Waals surface area contributed by atoms with Crippen LogP contribution in [0.15, 0.2) is 36.5 Å². The van der Waals surface area contributed by atoms with Crippen molar-refractivity contribution < 1.29 is 26.7 Å². The summed E-state index contributed by atoms with van der Waals surface area (Å²) in [6.45, 7) is 1.97. The monoisotopic (exact) mass is 473 g/mol. The lowest BCUT2D eigenvalue weighted by Gasteiger charge is -2.32. The lowest BCUT2D eigenvalue weighted by atomic mass is 10.1. The van der Waals surface area contributed by atoms with E-state index in [4.69, 9.17) is 11.6 Å². The van der Waals surface area contributed by atoms with Crippen molar-refractivity contribution in [3.63, 3.8) is 0 Å². The van der Waals surface area contributed by atoms with Gasteiger partial charge in [0.2, 0.25) is 0 Å². The van der Waals surface area contributed by atoms with Crippen molar-refractivity contribution >= 4 is 23.2 Å². The van der Waals surface area contributed by atoms with E-state index in [0.29, 0.717) is 41.8 Å². The molecule has 3 heterocycles. The van der Waals surface area contributed by atoms with Crippen molar-refractivity contribution in [2.24, 2.45) is 0 Å². The molecule has 0 spiro atoms. The third-order valence-electron chi connectivity index (χ3n) is 5.31. The van der Waals surface area contributed by atoms with Gasteiger partial charge < -0.3 is 9.80 Å². The Kier molecular flexibility index (Phi) is 5.58. The molecule has 0 N–H and O–H groups in total. The highest BCUT2D eigenvalue weighted by molar-refractivity contribution is 6.30. The Morgan fingerprint density at radius 2 is 1.66 bits per heavy atom. The highest BCUT2D eigenvalue weighted by Crippen LogP contribution is 2.44. The Morgan fingerprint density at radius 1 is 1.03 bits per heavy atom. The molecular weight excluding hydrogens is 457 g/mol. The van der Waals surface area contributed by atoms with Gasteiger partial charge in [-0.25, -0.2) is 9.50 Å². The van der Waals surface area contributed by atoms with Crippen LogP contribution in [0.2, 0.25) is 5.02 Å². The van der Waals surface area contributed by atoms with Crippen LogP contribution in [-0.4, -0.2) is 69.7 Å². The highest BCUT2D eigenvalue weighted by atomic mass is 35.5. The molecule has 4 rings (SSSR count). The van der Waals surface area contributed by atoms with Crippen LogP contribution in [0.5, 0.6) is 0 Å². The maximum absolute atomic E-state index is 14.4. The Bertz CT molecular complexity index is 1150. The van der Waals surface area contributed by atoms with Crippen molar-refractivity contribution in [2.45, 2.75) is 12.1 Å². The highest BCUT2D eigenvalue weighted by Gasteiger charge is 2.60. The summed E-state index contributed by atoms with van der Waals surface area (Å²) < 4.78 is 68.9. The first kappa shape index (κ1) is 22.4. The maximum atomic E-state index is 14.4. The predicted octanol–water partition coefficient (Wildman–Crippen LogP) is 4.09. The number of hydrogen-bond donors (Lipinski definition) is 0. The van der Waals surface area contributed by atoms with Crippen LogP contribution in [0.4, 0.5) is 22.0 Å². The first-order valence-corrected chi connectivity index (χ1v) is 9.94. The molecule has 0 atom stereocenters. The standard InChI is InChI=1S/C20H17ClF5N5O/c1-29-6-8-30(9-7-29)18(32)14-11-27-31-16(19(22,23)20(24,25)26)10-15(28-17(14)31)12-2-4-13(21)5-3-12/h2-5,10-11H,6-9H2,1H3. The molecule has 0 bridgehead atoms. The quantitative estimate of drug-likeness (QED) is 0.538. The van der Waals surface area contributed by atoms with Crippen LogP contribution < -0.4 is 0 Å². The molecule has 1 saturated heterocycles. The lowest BCUT2D eigenvalue weighted by molar-refractivity contribution is -0.291. The van der Waals surface area contributed by atoms with Gasteiger partial charge in [-0.2, -0.15) is 27.1 Å². The smallest absolute Gasteiger partial charge is 0.336 e. The van der Waals surface area contributed by atoms with Gasteiger partial charge in [0.25, 0.3) is 5.91 Å². The molecule has 6 nitrogen and oxygen atoms in total. The van der Waals surface area contributed by atoms with E-state index in [1.807, 2.05) is 11.9 Å². The Labute approximate surface area is 184 Å². The number of fused-ring (bicyclic) bond motifs is 1. The van der Waals surface area contributed by atoms with E-state index >= 15 is 0 Å². The van der Waals surface area contributed by atoms with E-state index in [0.717, 1.165) is 6.20 Å². The van der Waals surface area contributed by atoms with E-state index in [1.165, 1.54) is 29.2 Å². The summed E-state index contributed by atoms with van der Waals surface area (Å²) in [5.41, 5.74) is -1.86. The van der Waals surface area contributed by atoms with Crippen LogP contribution >= 0.6 is 11.6 Å². The number of hydrogen-bond acceptors (Lipinski definition) is 4. The van der Waals surface area contributed by atoms with Gasteiger partial charge in [-0.3, -0.25) is 4.79 Å². The molecule has 0 aliphatic carbocycles. The molecular formula is C20H17ClF5N5O. The molecule has 1 aromatic carbocycles. The van der Waals surface area contributed by atoms with Gasteiger partial charge in [-0.05, 0) is 25.2 Å². The minimum Gasteiger partial charge on any atom is -0.336 e. The fraction of sp³-hybridized carbons (Fsp3) is 0.350. The molecule has 2 aromatic heterocycles. The number of carbonyl (C=O) groups is 1. The van der Waals surface area contributed by atoms with Crippen LogP contribution in [0.25, 0.3) is 16.9 Å². The second-order valence-corrected chi connectivity index (χ2v) is 7.93. The van der Waals surface area contributed by atoms with Crippen molar-refractivity contribution in [3.8, 4) is 11.3 Å². The summed E-state index contributed by atoms with van der Waals surface area (Å²) in [7, 11) is 1.89. The number of amides is 1. The number of carbonyl (C=O) groups excluding carboxylic acids is 1. The molecule has 0 saturated carbocycles. The first-order chi connectivity index (χ1) is 15.0. The zero-order valence-electron chi connectivity index (χ0n) is 16.7. The van der Waals surface area contributed by atoms with Crippen LogP contribution in [0.3, 0.4) is 0 Å². The zero-order valence-corrected chi connectivity index (χ0v) is 17.5. The maximum Gasteiger partial charge on any atom is 0.459 e. The second-order valence-electron chi connectivity index (χ2n) is 7.49. The molecule has 1 aliphatic heterocycles. The van der Waals surface area contributed by atoms with Gasteiger partial charge >= 0.3 is 12.1 Å². The van der Waals surface area contributed by atoms with E-state index in [-0.39, 0.29) is 22.5 Å². The number of aromatic nitrogens is 3. The van der Waals surface area contributed by atoms with Crippen molar-refractivity contribution in [1.29, 1.82) is 0 Å². The van der Waals surface area contributed by atoms with Crippen LogP contribution in [0, 0.1) is 0 Å². The topological polar surface area (TPSA) is 53.7 Å². The number of halogens is 6. The van der Waals surface area contributed by atoms with Gasteiger partial charge in [-0.1, -0.05) is 23.7 Å². The molecule has 32 heavy (non-hydrogen) atoms. The van der Waals surface area contributed by atoms with Crippen molar-refractivity contribution in [3.05, 3.63) is 52.8 Å². The van der Waals surface area contributed by atoms with Crippen molar-refractivity contribution in [1.82, 2.24) is 24.4 Å². The summed E-state index contributed by atoms with van der Waals surface area (Å²) in [4.78, 5) is 20.7. The van der Waals surface area contributed by atoms with E-state index in [1.54, 1.807) is 0 Å². The molecule has 170 valence electrons. The number of alkyl halides is 5. The summed E-state index contributed by atoms with van der Waals surface area (Å²) in [5.74, 6) is -5.76. The predicted molar refractivity (Wildman–Crippen MR) is 107 cm³/mol. The van der Waals surface area contributed by atoms with Crippen molar-refractivity contribution in [2.75, 3.05) is 33.2 Å². The summed E-state index contributed by atoms with van der Waals surface area (Å²) in [6, 6.07) is 6.42. The van der Waals surface area contributed by atoms with Gasteiger partial charge in [-0.15, -0.1) is 0 Å². The van der Waals surface area contributed by atoms with Crippen LogP contribution in [0.1, 0.15) is 16.1 Å². The number of rotatable bonds is 3. The minimum atomic E-state index is -5.87. The minimum absolute atomic E-state index is 0.149. The molecule has 1 aliphatic rings. The second kappa shape index (κ2) is 7.96. The van der Waals surface area contributed by atoms with E-state index in [9.17, 15) is 26.7 Å². The Morgan fingerprint density at radius 3 is 2.25 bits per heavy atom. The molecule has 0 radical (unpaired) electrons. The molecule has 0 unspecified atom stereocenters. The molecule has 12 heteroatoms. The average molecular weight is 474 g/mol. The van der Waals surface area contributed by atoms with Gasteiger partial charge in [0, 0.05) is 36.8 Å². The van der Waals surface area contributed by atoms with Gasteiger partial charge in [0.1, 0.15) is 11.3 Å². The van der Waals surface area contributed by atoms with E-state index < -0.39 is 23.7 Å². The van der Waals surface area contributed by atoms with E-state index in [2.05, 4.69) is 10.1 Å². The third-order valence-corrected chi connectivity index (χ3v) is 5.56. The SMILES string of the molecule is CN1CCN(C(=O)c2cnn3c(C(F)(F)C(F)(F)F)cc(-c4ccc(Cl)cc4)nc23)CC1. The van der Waals surface area contributed by atoms with Gasteiger partial charge in [0.15, 0.2) is 5.65 Å². The van der Waals surface area contributed by atoms with Crippen LogP contribution in [-0.2, 0) is 5.92 Å². The normalized spacial score (nSPS) is 16.0. The summed E-state index contributed by atoms with van der Waals surface area (Å²) in [6.07, 6.45) is -4.89. The fourth-order valence-electron chi connectivity index (χ4n) is 3.43. The van der Waals surface area contributed by atoms with Gasteiger partial charge in [0.05, 0.1) is 11.9 Å².